The van der Waals surface area contributed by atoms with Crippen LogP contribution >= 0.6 is 0 Å². The quantitative estimate of drug-likeness (QED) is 0.198. The van der Waals surface area contributed by atoms with Gasteiger partial charge in [0, 0.05) is 37.6 Å². The molecule has 1 heterocycles. The van der Waals surface area contributed by atoms with Gasteiger partial charge >= 0.3 is 0 Å². The van der Waals surface area contributed by atoms with Crippen molar-refractivity contribution >= 4 is 22.7 Å². The second-order valence-corrected chi connectivity index (χ2v) is 10.7. The van der Waals surface area contributed by atoms with Crippen LogP contribution < -0.4 is 16.5 Å². The van der Waals surface area contributed by atoms with Gasteiger partial charge in [-0.25, -0.2) is 15.9 Å². The Kier molecular flexibility index (Phi) is 9.61. The van der Waals surface area contributed by atoms with E-state index in [1.165, 1.54) is 24.0 Å². The van der Waals surface area contributed by atoms with Gasteiger partial charge < -0.3 is 15.5 Å². The summed E-state index contributed by atoms with van der Waals surface area (Å²) in [7, 11) is 1.99. The Labute approximate surface area is 212 Å². The van der Waals surface area contributed by atoms with Crippen molar-refractivity contribution in [3.63, 3.8) is 0 Å². The van der Waals surface area contributed by atoms with Gasteiger partial charge in [-0.15, -0.1) is 5.10 Å². The van der Waals surface area contributed by atoms with Gasteiger partial charge in [-0.05, 0) is 43.2 Å². The van der Waals surface area contributed by atoms with Gasteiger partial charge in [-0.2, -0.15) is 0 Å². The lowest BCUT2D eigenvalue weighted by molar-refractivity contribution is 0.208. The van der Waals surface area contributed by atoms with E-state index in [0.29, 0.717) is 24.3 Å². The molecule has 1 aliphatic rings. The van der Waals surface area contributed by atoms with Crippen LogP contribution in [0.3, 0.4) is 0 Å². The molecule has 35 heavy (non-hydrogen) atoms. The highest BCUT2D eigenvalue weighted by Gasteiger charge is 2.22. The van der Waals surface area contributed by atoms with E-state index < -0.39 is 0 Å². The van der Waals surface area contributed by atoms with E-state index in [1.54, 1.807) is 5.12 Å². The first kappa shape index (κ1) is 27.1. The van der Waals surface area contributed by atoms with Gasteiger partial charge in [0.25, 0.3) is 0 Å². The van der Waals surface area contributed by atoms with Crippen molar-refractivity contribution in [2.45, 2.75) is 85.7 Å². The molecule has 0 bridgehead atoms. The highest BCUT2D eigenvalue weighted by atomic mass is 15.7. The Balaban J connectivity index is 1.97. The molecule has 0 saturated heterocycles. The maximum absolute atomic E-state index is 6.42. The van der Waals surface area contributed by atoms with Gasteiger partial charge in [0.1, 0.15) is 5.82 Å². The summed E-state index contributed by atoms with van der Waals surface area (Å²) in [6, 6.07) is 8.96. The summed E-state index contributed by atoms with van der Waals surface area (Å²) >= 11 is 0. The van der Waals surface area contributed by atoms with Crippen LogP contribution in [0.5, 0.6) is 0 Å². The van der Waals surface area contributed by atoms with E-state index in [-0.39, 0.29) is 6.04 Å². The minimum Gasteiger partial charge on any atom is -0.368 e. The average molecular weight is 482 g/mol. The summed E-state index contributed by atoms with van der Waals surface area (Å²) < 4.78 is 0. The van der Waals surface area contributed by atoms with E-state index in [4.69, 9.17) is 16.6 Å². The van der Waals surface area contributed by atoms with Crippen LogP contribution in [0, 0.1) is 18.8 Å². The van der Waals surface area contributed by atoms with Crippen LogP contribution in [0.4, 0.5) is 5.82 Å². The number of benzene rings is 1. The van der Waals surface area contributed by atoms with Gasteiger partial charge in [-0.3, -0.25) is 0 Å². The third kappa shape index (κ3) is 7.00. The number of guanidine groups is 1. The molecule has 1 saturated carbocycles. The number of rotatable bonds is 11. The molecule has 2 unspecified atom stereocenters. The normalized spacial score (nSPS) is 16.5. The molecule has 0 spiro atoms. The highest BCUT2D eigenvalue weighted by molar-refractivity contribution is 5.85. The smallest absolute Gasteiger partial charge is 0.215 e. The van der Waals surface area contributed by atoms with Crippen molar-refractivity contribution in [3.8, 4) is 0 Å². The Morgan fingerprint density at radius 2 is 1.74 bits per heavy atom. The highest BCUT2D eigenvalue weighted by Crippen LogP contribution is 2.29. The molecular formula is C28H47N7. The molecule has 194 valence electrons. The van der Waals surface area contributed by atoms with Crippen LogP contribution in [-0.4, -0.2) is 47.1 Å². The largest absolute Gasteiger partial charge is 0.368 e. The molecule has 7 nitrogen and oxygen atoms in total. The Bertz CT molecular complexity index is 971. The lowest BCUT2D eigenvalue weighted by atomic mass is 10.0. The standard InChI is InChI=1S/C28H47N7/c1-7-20(3)17-34(18-21(4)8-2)27-24(16-23-13-11-12-22(5)26(23)31-27)19-33(6)28(29)32-35(30)25-14-9-10-15-25/h11-13,16,20-21,25H,7-10,14-15,17-19,30H2,1-6H3,(H2,29,32). The number of hydrazone groups is 1. The molecule has 2 aromatic rings. The Hall–Kier alpha value is -2.54. The number of fused-ring (bicyclic) bond motifs is 1. The third-order valence-electron chi connectivity index (χ3n) is 7.58. The molecule has 2 atom stereocenters. The van der Waals surface area contributed by atoms with Crippen molar-refractivity contribution in [1.82, 2.24) is 15.0 Å². The average Bonchev–Trinajstić information content (AvgIpc) is 3.38. The Morgan fingerprint density at radius 3 is 2.34 bits per heavy atom. The van der Waals surface area contributed by atoms with E-state index in [1.807, 2.05) is 11.9 Å². The molecule has 3 rings (SSSR count). The summed E-state index contributed by atoms with van der Waals surface area (Å²) in [4.78, 5) is 9.76. The maximum atomic E-state index is 6.42. The number of anilines is 1. The molecule has 0 amide bonds. The van der Waals surface area contributed by atoms with Crippen molar-refractivity contribution in [3.05, 3.63) is 35.4 Å². The first-order valence-corrected chi connectivity index (χ1v) is 13.5. The summed E-state index contributed by atoms with van der Waals surface area (Å²) in [5.74, 6) is 8.91. The number of aryl methyl sites for hydroxylation is 1. The number of hydrogen-bond acceptors (Lipinski definition) is 5. The van der Waals surface area contributed by atoms with Gasteiger partial charge in [0.2, 0.25) is 5.96 Å². The molecular weight excluding hydrogens is 434 g/mol. The first-order valence-electron chi connectivity index (χ1n) is 13.5. The fourth-order valence-corrected chi connectivity index (χ4v) is 4.81. The van der Waals surface area contributed by atoms with Crippen LogP contribution in [0.1, 0.15) is 77.3 Å². The number of nitrogens with two attached hydrogens (primary N) is 2. The second-order valence-electron chi connectivity index (χ2n) is 10.7. The second kappa shape index (κ2) is 12.4. The zero-order valence-electron chi connectivity index (χ0n) is 22.8. The number of nitrogens with zero attached hydrogens (tertiary/aromatic N) is 5. The van der Waals surface area contributed by atoms with Crippen LogP contribution in [0.15, 0.2) is 29.4 Å². The first-order chi connectivity index (χ1) is 16.7. The van der Waals surface area contributed by atoms with Gasteiger partial charge in [0.15, 0.2) is 0 Å². The predicted molar refractivity (Wildman–Crippen MR) is 149 cm³/mol. The minimum atomic E-state index is 0.282. The zero-order chi connectivity index (χ0) is 25.5. The topological polar surface area (TPSA) is 87.0 Å². The molecule has 1 fully saturated rings. The number of pyridine rings is 1. The number of hydrogen-bond donors (Lipinski definition) is 2. The minimum absolute atomic E-state index is 0.282. The molecule has 4 N–H and O–H groups in total. The van der Waals surface area contributed by atoms with Crippen molar-refractivity contribution in [2.75, 3.05) is 25.0 Å². The maximum Gasteiger partial charge on any atom is 0.215 e. The third-order valence-corrected chi connectivity index (χ3v) is 7.58. The van der Waals surface area contributed by atoms with Crippen LogP contribution in [0.2, 0.25) is 0 Å². The molecule has 1 aromatic heterocycles. The van der Waals surface area contributed by atoms with Gasteiger partial charge in [-0.1, -0.05) is 71.6 Å². The van der Waals surface area contributed by atoms with Crippen molar-refractivity contribution in [2.24, 2.45) is 28.5 Å². The number of hydrazine groups is 1. The number of aromatic nitrogens is 1. The lowest BCUT2D eigenvalue weighted by Crippen LogP contribution is -2.42. The molecule has 1 aliphatic carbocycles. The Morgan fingerprint density at radius 1 is 1.11 bits per heavy atom. The summed E-state index contributed by atoms with van der Waals surface area (Å²) in [5.41, 5.74) is 9.86. The van der Waals surface area contributed by atoms with E-state index in [0.717, 1.165) is 55.5 Å². The SMILES string of the molecule is CCC(C)CN(CC(C)CC)c1nc2c(C)cccc2cc1CN(C)/C(N)=N/N(N)C1CCCC1. The lowest BCUT2D eigenvalue weighted by Gasteiger charge is -2.32. The molecule has 7 heteroatoms. The predicted octanol–water partition coefficient (Wildman–Crippen LogP) is 5.22. The van der Waals surface area contributed by atoms with Crippen molar-refractivity contribution < 1.29 is 0 Å². The van der Waals surface area contributed by atoms with Gasteiger partial charge in [0.05, 0.1) is 11.6 Å². The molecule has 0 aliphatic heterocycles. The fraction of sp³-hybridized carbons (Fsp3) is 0.643. The molecule has 0 radical (unpaired) electrons. The summed E-state index contributed by atoms with van der Waals surface area (Å²) in [6.07, 6.45) is 6.86. The van der Waals surface area contributed by atoms with Crippen LogP contribution in [-0.2, 0) is 6.54 Å². The van der Waals surface area contributed by atoms with E-state index >= 15 is 0 Å². The zero-order valence-corrected chi connectivity index (χ0v) is 22.8. The fourth-order valence-electron chi connectivity index (χ4n) is 4.81. The summed E-state index contributed by atoms with van der Waals surface area (Å²) in [5, 5.41) is 7.25. The monoisotopic (exact) mass is 481 g/mol. The summed E-state index contributed by atoms with van der Waals surface area (Å²) in [6.45, 7) is 13.9. The molecule has 1 aromatic carbocycles. The van der Waals surface area contributed by atoms with Crippen molar-refractivity contribution in [1.29, 1.82) is 0 Å². The van der Waals surface area contributed by atoms with Crippen LogP contribution in [0.25, 0.3) is 10.9 Å². The van der Waals surface area contributed by atoms with E-state index in [9.17, 15) is 0 Å². The number of para-hydroxylation sites is 1. The van der Waals surface area contributed by atoms with E-state index in [2.05, 4.69) is 68.9 Å².